The molecule has 122 valence electrons. The van der Waals surface area contributed by atoms with E-state index in [1.165, 1.54) is 6.42 Å². The number of methoxy groups -OCH3 is 1. The number of aromatic nitrogens is 2. The van der Waals surface area contributed by atoms with Crippen LogP contribution in [0.1, 0.15) is 18.4 Å². The summed E-state index contributed by atoms with van der Waals surface area (Å²) in [6.07, 6.45) is 5.85. The third kappa shape index (κ3) is 4.42. The van der Waals surface area contributed by atoms with Crippen molar-refractivity contribution in [2.75, 3.05) is 31.7 Å². The summed E-state index contributed by atoms with van der Waals surface area (Å²) in [4.78, 5) is 11.2. The molecule has 0 bridgehead atoms. The Kier molecular flexibility index (Phi) is 5.42. The Hall–Kier alpha value is -2.14. The summed E-state index contributed by atoms with van der Waals surface area (Å²) in [6, 6.07) is 10.1. The van der Waals surface area contributed by atoms with E-state index in [0.717, 1.165) is 37.5 Å². The van der Waals surface area contributed by atoms with E-state index in [1.807, 2.05) is 36.5 Å². The van der Waals surface area contributed by atoms with Gasteiger partial charge in [0.25, 0.3) is 0 Å². The topological polar surface area (TPSA) is 47.5 Å². The van der Waals surface area contributed by atoms with Crippen LogP contribution < -0.4 is 9.64 Å². The van der Waals surface area contributed by atoms with Crippen molar-refractivity contribution < 1.29 is 9.47 Å². The van der Waals surface area contributed by atoms with Gasteiger partial charge in [-0.25, -0.2) is 0 Å². The van der Waals surface area contributed by atoms with Gasteiger partial charge in [-0.15, -0.1) is 0 Å². The first kappa shape index (κ1) is 15.7. The molecule has 0 saturated carbocycles. The molecule has 1 atom stereocenters. The Bertz CT molecular complexity index is 604. The lowest BCUT2D eigenvalue weighted by Gasteiger charge is -2.33. The summed E-state index contributed by atoms with van der Waals surface area (Å²) < 4.78 is 11.1. The number of hydrogen-bond donors (Lipinski definition) is 0. The quantitative estimate of drug-likeness (QED) is 0.820. The van der Waals surface area contributed by atoms with Crippen LogP contribution in [0.2, 0.25) is 0 Å². The third-order valence-electron chi connectivity index (χ3n) is 4.07. The van der Waals surface area contributed by atoms with Crippen LogP contribution in [-0.2, 0) is 11.3 Å². The molecule has 1 saturated heterocycles. The number of anilines is 1. The summed E-state index contributed by atoms with van der Waals surface area (Å²) in [5.74, 6) is 2.01. The van der Waals surface area contributed by atoms with Crippen LogP contribution >= 0.6 is 0 Å². The van der Waals surface area contributed by atoms with Crippen molar-refractivity contribution in [3.05, 3.63) is 48.3 Å². The SMILES string of the molecule is COC[C@H]1CCCN(c2cncc(OCc3ccccc3)n2)C1. The van der Waals surface area contributed by atoms with Crippen molar-refractivity contribution in [1.82, 2.24) is 9.97 Å². The number of benzene rings is 1. The van der Waals surface area contributed by atoms with Gasteiger partial charge < -0.3 is 14.4 Å². The maximum absolute atomic E-state index is 5.77. The average Bonchev–Trinajstić information content (AvgIpc) is 2.62. The van der Waals surface area contributed by atoms with Gasteiger partial charge in [-0.2, -0.15) is 4.98 Å². The minimum Gasteiger partial charge on any atom is -0.472 e. The first-order valence-corrected chi connectivity index (χ1v) is 8.08. The molecule has 3 rings (SSSR count). The second kappa shape index (κ2) is 7.92. The lowest BCUT2D eigenvalue weighted by Crippen LogP contribution is -2.37. The zero-order valence-electron chi connectivity index (χ0n) is 13.5. The number of piperidine rings is 1. The van der Waals surface area contributed by atoms with Gasteiger partial charge in [0.1, 0.15) is 6.61 Å². The van der Waals surface area contributed by atoms with Crippen LogP contribution in [-0.4, -0.2) is 36.8 Å². The Balaban J connectivity index is 1.62. The van der Waals surface area contributed by atoms with Crippen molar-refractivity contribution >= 4 is 5.82 Å². The lowest BCUT2D eigenvalue weighted by atomic mass is 9.99. The van der Waals surface area contributed by atoms with Gasteiger partial charge in [0.15, 0.2) is 5.82 Å². The molecule has 1 aliphatic heterocycles. The number of hydrogen-bond acceptors (Lipinski definition) is 5. The fraction of sp³-hybridized carbons (Fsp3) is 0.444. The maximum Gasteiger partial charge on any atom is 0.234 e. The summed E-state index contributed by atoms with van der Waals surface area (Å²) in [5.41, 5.74) is 1.12. The van der Waals surface area contributed by atoms with Gasteiger partial charge >= 0.3 is 0 Å². The summed E-state index contributed by atoms with van der Waals surface area (Å²) in [7, 11) is 1.76. The van der Waals surface area contributed by atoms with E-state index >= 15 is 0 Å². The van der Waals surface area contributed by atoms with Crippen molar-refractivity contribution in [3.63, 3.8) is 0 Å². The van der Waals surface area contributed by atoms with E-state index in [0.29, 0.717) is 18.4 Å². The van der Waals surface area contributed by atoms with E-state index in [4.69, 9.17) is 9.47 Å². The number of rotatable bonds is 6. The van der Waals surface area contributed by atoms with Gasteiger partial charge in [-0.3, -0.25) is 4.98 Å². The predicted octanol–water partition coefficient (Wildman–Crippen LogP) is 2.92. The van der Waals surface area contributed by atoms with E-state index in [9.17, 15) is 0 Å². The van der Waals surface area contributed by atoms with Crippen LogP contribution in [0.15, 0.2) is 42.7 Å². The number of nitrogens with zero attached hydrogens (tertiary/aromatic N) is 3. The van der Waals surface area contributed by atoms with E-state index in [1.54, 1.807) is 13.3 Å². The second-order valence-corrected chi connectivity index (χ2v) is 5.90. The van der Waals surface area contributed by atoms with Gasteiger partial charge in [0, 0.05) is 20.2 Å². The highest BCUT2D eigenvalue weighted by molar-refractivity contribution is 5.38. The van der Waals surface area contributed by atoms with Gasteiger partial charge in [0.05, 0.1) is 19.0 Å². The molecule has 0 aliphatic carbocycles. The molecule has 1 aromatic carbocycles. The second-order valence-electron chi connectivity index (χ2n) is 5.90. The van der Waals surface area contributed by atoms with E-state index in [2.05, 4.69) is 14.9 Å². The van der Waals surface area contributed by atoms with Crippen molar-refractivity contribution in [3.8, 4) is 5.88 Å². The normalized spacial score (nSPS) is 18.0. The molecule has 0 amide bonds. The van der Waals surface area contributed by atoms with E-state index < -0.39 is 0 Å². The van der Waals surface area contributed by atoms with Gasteiger partial charge in [-0.05, 0) is 24.3 Å². The van der Waals surface area contributed by atoms with Gasteiger partial charge in [0.2, 0.25) is 5.88 Å². The van der Waals surface area contributed by atoms with Crippen molar-refractivity contribution in [2.45, 2.75) is 19.4 Å². The molecule has 0 unspecified atom stereocenters. The summed E-state index contributed by atoms with van der Waals surface area (Å²) in [5, 5.41) is 0. The first-order chi connectivity index (χ1) is 11.3. The van der Waals surface area contributed by atoms with Crippen molar-refractivity contribution in [2.24, 2.45) is 5.92 Å². The highest BCUT2D eigenvalue weighted by Gasteiger charge is 2.21. The average molecular weight is 313 g/mol. The third-order valence-corrected chi connectivity index (χ3v) is 4.07. The zero-order chi connectivity index (χ0) is 15.9. The highest BCUT2D eigenvalue weighted by Crippen LogP contribution is 2.23. The summed E-state index contributed by atoms with van der Waals surface area (Å²) in [6.45, 7) is 3.28. The van der Waals surface area contributed by atoms with E-state index in [-0.39, 0.29) is 0 Å². The highest BCUT2D eigenvalue weighted by atomic mass is 16.5. The van der Waals surface area contributed by atoms with Crippen LogP contribution in [0, 0.1) is 5.92 Å². The van der Waals surface area contributed by atoms with Crippen LogP contribution in [0.25, 0.3) is 0 Å². The Morgan fingerprint density at radius 1 is 1.22 bits per heavy atom. The molecule has 2 aromatic rings. The molecule has 2 heterocycles. The fourth-order valence-corrected chi connectivity index (χ4v) is 2.94. The monoisotopic (exact) mass is 313 g/mol. The smallest absolute Gasteiger partial charge is 0.234 e. The number of ether oxygens (including phenoxy) is 2. The Morgan fingerprint density at radius 3 is 2.91 bits per heavy atom. The largest absolute Gasteiger partial charge is 0.472 e. The molecular formula is C18H23N3O2. The Morgan fingerprint density at radius 2 is 2.09 bits per heavy atom. The first-order valence-electron chi connectivity index (χ1n) is 8.08. The summed E-state index contributed by atoms with van der Waals surface area (Å²) >= 11 is 0. The minimum atomic E-state index is 0.505. The minimum absolute atomic E-state index is 0.505. The van der Waals surface area contributed by atoms with Gasteiger partial charge in [-0.1, -0.05) is 30.3 Å². The molecule has 1 fully saturated rings. The molecule has 1 aliphatic rings. The molecule has 23 heavy (non-hydrogen) atoms. The molecule has 0 radical (unpaired) electrons. The fourth-order valence-electron chi connectivity index (χ4n) is 2.94. The molecule has 5 heteroatoms. The molecule has 0 spiro atoms. The molecule has 1 aromatic heterocycles. The molecule has 5 nitrogen and oxygen atoms in total. The lowest BCUT2D eigenvalue weighted by molar-refractivity contribution is 0.143. The van der Waals surface area contributed by atoms with Crippen LogP contribution in [0.3, 0.4) is 0 Å². The zero-order valence-corrected chi connectivity index (χ0v) is 13.5. The van der Waals surface area contributed by atoms with Crippen LogP contribution in [0.5, 0.6) is 5.88 Å². The van der Waals surface area contributed by atoms with Crippen molar-refractivity contribution in [1.29, 1.82) is 0 Å². The molecular weight excluding hydrogens is 290 g/mol. The predicted molar refractivity (Wildman–Crippen MR) is 89.6 cm³/mol. The molecule has 0 N–H and O–H groups in total. The Labute approximate surface area is 137 Å². The standard InChI is InChI=1S/C18H23N3O2/c1-22-13-16-8-5-9-21(12-16)17-10-19-11-18(20-17)23-14-15-6-3-2-4-7-15/h2-4,6-7,10-11,16H,5,8-9,12-14H2,1H3/t16-/m0/s1. The maximum atomic E-state index is 5.77. The van der Waals surface area contributed by atoms with Crippen LogP contribution in [0.4, 0.5) is 5.82 Å².